The molecule has 0 aliphatic heterocycles. The van der Waals surface area contributed by atoms with Gasteiger partial charge in [0, 0.05) is 21.5 Å². The number of carbonyl (C=O) groups excluding carboxylic acids is 1. The monoisotopic (exact) mass is 362 g/mol. The third kappa shape index (κ3) is 3.05. The summed E-state index contributed by atoms with van der Waals surface area (Å²) in [7, 11) is 0. The third-order valence-electron chi connectivity index (χ3n) is 4.14. The molecule has 26 heavy (non-hydrogen) atoms. The number of fused-ring (bicyclic) bond motifs is 1. The zero-order valence-corrected chi connectivity index (χ0v) is 14.3. The van der Waals surface area contributed by atoms with E-state index in [0.29, 0.717) is 28.3 Å². The minimum Gasteiger partial charge on any atom is -0.545 e. The molecule has 0 spiro atoms. The number of pyridine rings is 1. The van der Waals surface area contributed by atoms with Crippen molar-refractivity contribution in [1.29, 1.82) is 0 Å². The second-order valence-electron chi connectivity index (χ2n) is 5.87. The second-order valence-corrected chi connectivity index (χ2v) is 6.31. The van der Waals surface area contributed by atoms with Gasteiger partial charge in [-0.2, -0.15) is 5.10 Å². The molecule has 0 fully saturated rings. The van der Waals surface area contributed by atoms with Gasteiger partial charge in [0.15, 0.2) is 5.65 Å². The van der Waals surface area contributed by atoms with Gasteiger partial charge < -0.3 is 9.90 Å². The van der Waals surface area contributed by atoms with Crippen molar-refractivity contribution < 1.29 is 9.90 Å². The van der Waals surface area contributed by atoms with E-state index < -0.39 is 5.97 Å². The molecule has 0 atom stereocenters. The average Bonchev–Trinajstić information content (AvgIpc) is 3.06. The lowest BCUT2D eigenvalue weighted by Crippen LogP contribution is -2.22. The molecular formula is C20H13ClN3O2-. The Balaban J connectivity index is 1.86. The molecular weight excluding hydrogens is 350 g/mol. The summed E-state index contributed by atoms with van der Waals surface area (Å²) in [5.74, 6) is -1.25. The number of aromatic nitrogens is 3. The summed E-state index contributed by atoms with van der Waals surface area (Å²) in [6.07, 6.45) is 1.51. The zero-order chi connectivity index (χ0) is 18.1. The molecule has 6 heteroatoms. The molecule has 5 nitrogen and oxygen atoms in total. The van der Waals surface area contributed by atoms with Gasteiger partial charge in [-0.1, -0.05) is 54.1 Å². The van der Waals surface area contributed by atoms with Crippen LogP contribution >= 0.6 is 11.6 Å². The van der Waals surface area contributed by atoms with Gasteiger partial charge in [0.05, 0.1) is 24.4 Å². The van der Waals surface area contributed by atoms with Crippen molar-refractivity contribution in [2.75, 3.05) is 0 Å². The van der Waals surface area contributed by atoms with Crippen LogP contribution in [0.5, 0.6) is 0 Å². The molecule has 2 aromatic carbocycles. The van der Waals surface area contributed by atoms with Crippen molar-refractivity contribution in [3.63, 3.8) is 0 Å². The van der Waals surface area contributed by atoms with Gasteiger partial charge in [0.1, 0.15) is 0 Å². The van der Waals surface area contributed by atoms with Crippen molar-refractivity contribution in [2.24, 2.45) is 0 Å². The summed E-state index contributed by atoms with van der Waals surface area (Å²) in [5, 5.41) is 17.0. The molecule has 0 unspecified atom stereocenters. The maximum Gasteiger partial charge on any atom is 0.159 e. The van der Waals surface area contributed by atoms with Crippen LogP contribution in [0.25, 0.3) is 22.3 Å². The molecule has 2 aromatic heterocycles. The Labute approximate surface area is 154 Å². The van der Waals surface area contributed by atoms with Gasteiger partial charge in [-0.15, -0.1) is 0 Å². The van der Waals surface area contributed by atoms with Crippen LogP contribution in [0, 0.1) is 0 Å². The third-order valence-corrected chi connectivity index (χ3v) is 4.40. The molecule has 0 aliphatic carbocycles. The van der Waals surface area contributed by atoms with E-state index in [1.165, 1.54) is 12.3 Å². The lowest BCUT2D eigenvalue weighted by Gasteiger charge is -2.10. The number of carboxylic acid groups (broad SMARTS) is 1. The predicted molar refractivity (Wildman–Crippen MR) is 97.8 cm³/mol. The molecule has 0 aliphatic rings. The van der Waals surface area contributed by atoms with Crippen LogP contribution in [0.4, 0.5) is 0 Å². The van der Waals surface area contributed by atoms with Crippen LogP contribution in [0.1, 0.15) is 15.9 Å². The first kappa shape index (κ1) is 16.3. The van der Waals surface area contributed by atoms with Crippen molar-refractivity contribution in [3.05, 3.63) is 83.0 Å². The van der Waals surface area contributed by atoms with Gasteiger partial charge in [-0.25, -0.2) is 9.67 Å². The fraction of sp³-hybridized carbons (Fsp3) is 0.0500. The second kappa shape index (κ2) is 6.61. The first-order valence-corrected chi connectivity index (χ1v) is 8.37. The van der Waals surface area contributed by atoms with E-state index in [4.69, 9.17) is 11.6 Å². The highest BCUT2D eigenvalue weighted by molar-refractivity contribution is 6.30. The van der Waals surface area contributed by atoms with Crippen LogP contribution in [0.2, 0.25) is 5.02 Å². The molecule has 0 amide bonds. The fourth-order valence-corrected chi connectivity index (χ4v) is 2.98. The number of aromatic carboxylic acids is 1. The normalized spacial score (nSPS) is 11.0. The highest BCUT2D eigenvalue weighted by atomic mass is 35.5. The number of nitrogens with zero attached hydrogens (tertiary/aromatic N) is 3. The topological polar surface area (TPSA) is 70.8 Å². The van der Waals surface area contributed by atoms with Gasteiger partial charge >= 0.3 is 0 Å². The van der Waals surface area contributed by atoms with Crippen LogP contribution in [-0.4, -0.2) is 20.7 Å². The van der Waals surface area contributed by atoms with Gasteiger partial charge in [0.25, 0.3) is 0 Å². The number of carbonyl (C=O) groups is 1. The Hall–Kier alpha value is -3.18. The van der Waals surface area contributed by atoms with E-state index in [2.05, 4.69) is 10.1 Å². The molecule has 0 saturated heterocycles. The van der Waals surface area contributed by atoms with E-state index >= 15 is 0 Å². The lowest BCUT2D eigenvalue weighted by atomic mass is 10.1. The van der Waals surface area contributed by atoms with Gasteiger partial charge in [0.2, 0.25) is 0 Å². The Kier molecular flexibility index (Phi) is 4.14. The summed E-state index contributed by atoms with van der Waals surface area (Å²) < 4.78 is 1.68. The van der Waals surface area contributed by atoms with E-state index in [1.807, 2.05) is 42.5 Å². The van der Waals surface area contributed by atoms with E-state index in [1.54, 1.807) is 16.8 Å². The van der Waals surface area contributed by atoms with Crippen LogP contribution in [-0.2, 0) is 6.54 Å². The van der Waals surface area contributed by atoms with E-state index in [0.717, 1.165) is 11.1 Å². The highest BCUT2D eigenvalue weighted by Gasteiger charge is 2.13. The number of hydrogen-bond acceptors (Lipinski definition) is 4. The molecule has 0 radical (unpaired) electrons. The summed E-state index contributed by atoms with van der Waals surface area (Å²) in [5.41, 5.74) is 2.96. The predicted octanol–water partition coefficient (Wildman–Crippen LogP) is 3.16. The van der Waals surface area contributed by atoms with Crippen LogP contribution in [0.15, 0.2) is 66.9 Å². The van der Waals surface area contributed by atoms with E-state index in [9.17, 15) is 9.90 Å². The molecule has 0 N–H and O–H groups in total. The minimum atomic E-state index is -1.25. The van der Waals surface area contributed by atoms with Crippen molar-refractivity contribution in [3.8, 4) is 11.3 Å². The molecule has 2 heterocycles. The number of benzene rings is 2. The molecule has 0 bridgehead atoms. The first-order valence-electron chi connectivity index (χ1n) is 7.99. The van der Waals surface area contributed by atoms with Crippen molar-refractivity contribution in [2.45, 2.75) is 6.54 Å². The summed E-state index contributed by atoms with van der Waals surface area (Å²) in [6.45, 7) is 0.457. The quantitative estimate of drug-likeness (QED) is 0.559. The maximum absolute atomic E-state index is 11.6. The summed E-state index contributed by atoms with van der Waals surface area (Å²) in [6, 6.07) is 18.4. The summed E-state index contributed by atoms with van der Waals surface area (Å²) >= 11 is 5.93. The van der Waals surface area contributed by atoms with Gasteiger partial charge in [-0.05, 0) is 23.8 Å². The largest absolute Gasteiger partial charge is 0.545 e. The molecule has 4 rings (SSSR count). The maximum atomic E-state index is 11.6. The summed E-state index contributed by atoms with van der Waals surface area (Å²) in [4.78, 5) is 16.3. The smallest absolute Gasteiger partial charge is 0.159 e. The Morgan fingerprint density at radius 2 is 1.81 bits per heavy atom. The average molecular weight is 363 g/mol. The standard InChI is InChI=1S/C20H14ClN3O2/c21-15-8-6-13(7-9-15)12-24-19-17(11-22-24)16(20(25)26)10-18(23-19)14-4-2-1-3-5-14/h1-11H,12H2,(H,25,26)/p-1. The highest BCUT2D eigenvalue weighted by Crippen LogP contribution is 2.25. The van der Waals surface area contributed by atoms with Crippen molar-refractivity contribution >= 4 is 28.6 Å². The zero-order valence-electron chi connectivity index (χ0n) is 13.6. The number of hydrogen-bond donors (Lipinski definition) is 0. The van der Waals surface area contributed by atoms with E-state index in [-0.39, 0.29) is 5.56 Å². The molecule has 4 aromatic rings. The number of rotatable bonds is 4. The number of carboxylic acids is 1. The number of halogens is 1. The Morgan fingerprint density at radius 1 is 1.08 bits per heavy atom. The molecule has 0 saturated carbocycles. The van der Waals surface area contributed by atoms with Crippen LogP contribution in [0.3, 0.4) is 0 Å². The fourth-order valence-electron chi connectivity index (χ4n) is 2.85. The van der Waals surface area contributed by atoms with Crippen LogP contribution < -0.4 is 5.11 Å². The first-order chi connectivity index (χ1) is 12.6. The SMILES string of the molecule is O=C([O-])c1cc(-c2ccccc2)nc2c1cnn2Cc1ccc(Cl)cc1. The lowest BCUT2D eigenvalue weighted by molar-refractivity contribution is -0.254. The Morgan fingerprint density at radius 3 is 2.50 bits per heavy atom. The Bertz CT molecular complexity index is 1090. The minimum absolute atomic E-state index is 0.0798. The molecule has 128 valence electrons. The van der Waals surface area contributed by atoms with Crippen molar-refractivity contribution in [1.82, 2.24) is 14.8 Å². The van der Waals surface area contributed by atoms with Gasteiger partial charge in [-0.3, -0.25) is 0 Å².